The molecule has 2 rings (SSSR count). The molecule has 10 nitrogen and oxygen atoms in total. The van der Waals surface area contributed by atoms with Gasteiger partial charge in [0.25, 0.3) is 5.09 Å². The lowest BCUT2D eigenvalue weighted by molar-refractivity contribution is -0.742. The van der Waals surface area contributed by atoms with Crippen LogP contribution in [0.3, 0.4) is 0 Å². The Morgan fingerprint density at radius 2 is 2.10 bits per heavy atom. The molecule has 0 aromatic carbocycles. The number of hydrogen-bond acceptors (Lipinski definition) is 7. The summed E-state index contributed by atoms with van der Waals surface area (Å²) in [7, 11) is 0. The number of fused-ring (bicyclic) bond motifs is 1. The molecule has 0 aliphatic carbocycles. The molecular weight excluding hydrogens is 286 g/mol. The summed E-state index contributed by atoms with van der Waals surface area (Å²) in [5, 5.41) is 28.1. The second kappa shape index (κ2) is 9.45. The molecule has 2 aliphatic rings. The maximum Gasteiger partial charge on any atom is 0.291 e. The molecule has 0 radical (unpaired) electrons. The first-order valence-corrected chi connectivity index (χ1v) is 6.72. The number of hydrogen-bond donors (Lipinski definition) is 4. The maximum absolute atomic E-state index is 10.8. The zero-order chi connectivity index (χ0) is 15.7. The predicted octanol–water partition coefficient (Wildman–Crippen LogP) is -1.72. The van der Waals surface area contributed by atoms with E-state index in [9.17, 15) is 4.79 Å². The van der Waals surface area contributed by atoms with Crippen LogP contribution in [0.4, 0.5) is 0 Å². The SMILES string of the molecule is O=C(CO)NCCCNC1CO[C@@H]2CCO[C@H]12.O=[N+]([O-])O. The minimum absolute atomic E-state index is 0.196. The number of nitrogens with one attached hydrogen (secondary N) is 2. The minimum Gasteiger partial charge on any atom is -0.387 e. The molecule has 1 unspecified atom stereocenters. The highest BCUT2D eigenvalue weighted by molar-refractivity contribution is 5.76. The molecular formula is C11H21N3O7. The molecule has 10 heteroatoms. The Morgan fingerprint density at radius 3 is 2.76 bits per heavy atom. The molecule has 0 saturated carbocycles. The van der Waals surface area contributed by atoms with Crippen molar-refractivity contribution in [1.29, 1.82) is 0 Å². The summed E-state index contributed by atoms with van der Waals surface area (Å²) in [5.74, 6) is -0.326. The van der Waals surface area contributed by atoms with Crippen molar-refractivity contribution in [2.24, 2.45) is 0 Å². The third-order valence-corrected chi connectivity index (χ3v) is 3.19. The summed E-state index contributed by atoms with van der Waals surface area (Å²) < 4.78 is 11.2. The molecule has 0 bridgehead atoms. The fraction of sp³-hybridized carbons (Fsp3) is 0.909. The summed E-state index contributed by atoms with van der Waals surface area (Å²) in [6, 6.07) is 0.274. The van der Waals surface area contributed by atoms with Gasteiger partial charge in [-0.05, 0) is 19.4 Å². The highest BCUT2D eigenvalue weighted by Gasteiger charge is 2.41. The molecule has 0 spiro atoms. The highest BCUT2D eigenvalue weighted by atomic mass is 16.9. The summed E-state index contributed by atoms with van der Waals surface area (Å²) >= 11 is 0. The standard InChI is InChI=1S/C11H20N2O4.HNO3/c14-6-10(15)13-4-1-3-12-8-7-17-9-2-5-16-11(8)9;2-1(3)4/h8-9,11-12,14H,1-7H2,(H,13,15);(H,2,3,4)/t8?,9-,11-;/m1./s1. The first-order valence-electron chi connectivity index (χ1n) is 6.72. The molecule has 1 amide bonds. The van der Waals surface area contributed by atoms with Gasteiger partial charge in [0.2, 0.25) is 5.91 Å². The van der Waals surface area contributed by atoms with E-state index in [0.29, 0.717) is 13.2 Å². The molecule has 3 atom stereocenters. The fourth-order valence-corrected chi connectivity index (χ4v) is 2.30. The number of rotatable bonds is 6. The number of aliphatic hydroxyl groups excluding tert-OH is 1. The van der Waals surface area contributed by atoms with Crippen molar-refractivity contribution in [3.05, 3.63) is 10.1 Å². The average molecular weight is 307 g/mol. The Kier molecular flexibility index (Phi) is 7.90. The lowest BCUT2D eigenvalue weighted by Crippen LogP contribution is -2.41. The van der Waals surface area contributed by atoms with Gasteiger partial charge in [0.05, 0.1) is 18.8 Å². The first kappa shape index (κ1) is 17.6. The van der Waals surface area contributed by atoms with E-state index in [4.69, 9.17) is 29.9 Å². The van der Waals surface area contributed by atoms with Gasteiger partial charge in [-0.1, -0.05) is 0 Å². The smallest absolute Gasteiger partial charge is 0.291 e. The first-order chi connectivity index (χ1) is 10.0. The van der Waals surface area contributed by atoms with Gasteiger partial charge in [-0.3, -0.25) is 4.79 Å². The summed E-state index contributed by atoms with van der Waals surface area (Å²) in [4.78, 5) is 19.1. The zero-order valence-corrected chi connectivity index (χ0v) is 11.6. The van der Waals surface area contributed by atoms with E-state index >= 15 is 0 Å². The molecule has 2 aliphatic heterocycles. The van der Waals surface area contributed by atoms with Crippen LogP contribution in [0.15, 0.2) is 0 Å². The van der Waals surface area contributed by atoms with Crippen molar-refractivity contribution in [3.8, 4) is 0 Å². The van der Waals surface area contributed by atoms with Crippen molar-refractivity contribution in [2.45, 2.75) is 31.1 Å². The maximum atomic E-state index is 10.8. The van der Waals surface area contributed by atoms with Crippen LogP contribution in [-0.2, 0) is 14.3 Å². The molecule has 2 fully saturated rings. The molecule has 4 N–H and O–H groups in total. The van der Waals surface area contributed by atoms with E-state index in [1.807, 2.05) is 0 Å². The molecule has 2 heterocycles. The van der Waals surface area contributed by atoms with Gasteiger partial charge in [0.1, 0.15) is 12.7 Å². The quantitative estimate of drug-likeness (QED) is 0.258. The summed E-state index contributed by atoms with van der Waals surface area (Å²) in [6.45, 7) is 2.45. The van der Waals surface area contributed by atoms with Crippen molar-refractivity contribution in [3.63, 3.8) is 0 Å². The van der Waals surface area contributed by atoms with Crippen LogP contribution < -0.4 is 10.6 Å². The van der Waals surface area contributed by atoms with Gasteiger partial charge in [-0.15, -0.1) is 10.1 Å². The topological polar surface area (TPSA) is 143 Å². The van der Waals surface area contributed by atoms with Crippen LogP contribution in [-0.4, -0.2) is 72.5 Å². The van der Waals surface area contributed by atoms with Crippen molar-refractivity contribution >= 4 is 5.91 Å². The van der Waals surface area contributed by atoms with Crippen molar-refractivity contribution in [1.82, 2.24) is 10.6 Å². The average Bonchev–Trinajstić information content (AvgIpc) is 3.01. The molecule has 0 aromatic rings. The van der Waals surface area contributed by atoms with Crippen LogP contribution in [0, 0.1) is 10.1 Å². The lowest BCUT2D eigenvalue weighted by atomic mass is 10.1. The Labute approximate surface area is 121 Å². The number of carbonyl (C=O) groups is 1. The van der Waals surface area contributed by atoms with E-state index < -0.39 is 11.7 Å². The number of amides is 1. The Balaban J connectivity index is 0.000000491. The highest BCUT2D eigenvalue weighted by Crippen LogP contribution is 2.26. The third-order valence-electron chi connectivity index (χ3n) is 3.19. The van der Waals surface area contributed by atoms with Gasteiger partial charge in [0.15, 0.2) is 0 Å². The van der Waals surface area contributed by atoms with Crippen molar-refractivity contribution < 1.29 is 29.7 Å². The van der Waals surface area contributed by atoms with Gasteiger partial charge in [0, 0.05) is 13.2 Å². The largest absolute Gasteiger partial charge is 0.387 e. The fourth-order valence-electron chi connectivity index (χ4n) is 2.30. The second-order valence-corrected chi connectivity index (χ2v) is 4.66. The Bertz CT molecular complexity index is 338. The van der Waals surface area contributed by atoms with Crippen LogP contribution in [0.1, 0.15) is 12.8 Å². The van der Waals surface area contributed by atoms with Crippen LogP contribution in [0.5, 0.6) is 0 Å². The van der Waals surface area contributed by atoms with E-state index in [1.54, 1.807) is 0 Å². The second-order valence-electron chi connectivity index (χ2n) is 4.66. The Hall–Kier alpha value is -1.49. The number of ether oxygens (including phenoxy) is 2. The van der Waals surface area contributed by atoms with Gasteiger partial charge in [-0.25, -0.2) is 0 Å². The van der Waals surface area contributed by atoms with E-state index in [-0.39, 0.29) is 24.2 Å². The molecule has 21 heavy (non-hydrogen) atoms. The summed E-state index contributed by atoms with van der Waals surface area (Å²) in [5.41, 5.74) is 0. The van der Waals surface area contributed by atoms with E-state index in [2.05, 4.69) is 10.6 Å². The van der Waals surface area contributed by atoms with Crippen LogP contribution in [0.25, 0.3) is 0 Å². The van der Waals surface area contributed by atoms with Crippen LogP contribution >= 0.6 is 0 Å². The Morgan fingerprint density at radius 1 is 1.38 bits per heavy atom. The zero-order valence-electron chi connectivity index (χ0n) is 11.6. The monoisotopic (exact) mass is 307 g/mol. The van der Waals surface area contributed by atoms with E-state index in [1.165, 1.54) is 0 Å². The van der Waals surface area contributed by atoms with Crippen molar-refractivity contribution in [2.75, 3.05) is 32.9 Å². The molecule has 122 valence electrons. The van der Waals surface area contributed by atoms with Gasteiger partial charge < -0.3 is 30.4 Å². The van der Waals surface area contributed by atoms with E-state index in [0.717, 1.165) is 26.0 Å². The third kappa shape index (κ3) is 6.67. The van der Waals surface area contributed by atoms with Crippen LogP contribution in [0.2, 0.25) is 0 Å². The molecule has 2 saturated heterocycles. The van der Waals surface area contributed by atoms with Gasteiger partial charge in [-0.2, -0.15) is 0 Å². The number of carbonyl (C=O) groups excluding carboxylic acids is 1. The normalized spacial score (nSPS) is 26.6. The lowest BCUT2D eigenvalue weighted by Gasteiger charge is -2.17. The van der Waals surface area contributed by atoms with Gasteiger partial charge >= 0.3 is 0 Å². The predicted molar refractivity (Wildman–Crippen MR) is 69.4 cm³/mol. The minimum atomic E-state index is -1.50. The summed E-state index contributed by atoms with van der Waals surface area (Å²) in [6.07, 6.45) is 2.29. The molecule has 0 aromatic heterocycles. The number of nitrogens with zero attached hydrogens (tertiary/aromatic N) is 1. The number of aliphatic hydroxyl groups is 1.